The molecule has 0 atom stereocenters. The zero-order valence-electron chi connectivity index (χ0n) is 9.08. The average molecular weight is 193 g/mol. The minimum atomic E-state index is 0.568. The van der Waals surface area contributed by atoms with Gasteiger partial charge in [0.1, 0.15) is 0 Å². The molecule has 0 spiro atoms. The van der Waals surface area contributed by atoms with E-state index in [0.717, 1.165) is 13.1 Å². The highest BCUT2D eigenvalue weighted by atomic mass is 15.3. The Balaban J connectivity index is 1.75. The summed E-state index contributed by atoms with van der Waals surface area (Å²) in [6.45, 7) is 4.44. The van der Waals surface area contributed by atoms with Crippen LogP contribution in [0.2, 0.25) is 0 Å². The summed E-state index contributed by atoms with van der Waals surface area (Å²) in [6, 6.07) is 2.07. The van der Waals surface area contributed by atoms with Crippen molar-refractivity contribution in [2.45, 2.75) is 32.7 Å². The van der Waals surface area contributed by atoms with Crippen LogP contribution in [0.4, 0.5) is 0 Å². The number of nitrogens with one attached hydrogen (secondary N) is 1. The van der Waals surface area contributed by atoms with E-state index in [1.807, 2.05) is 17.9 Å². The third kappa shape index (κ3) is 1.98. The summed E-state index contributed by atoms with van der Waals surface area (Å²) in [4.78, 5) is 0. The normalized spacial score (nSPS) is 19.3. The lowest BCUT2D eigenvalue weighted by atomic mass is 9.70. The quantitative estimate of drug-likeness (QED) is 0.788. The summed E-state index contributed by atoms with van der Waals surface area (Å²) in [5, 5.41) is 7.65. The Kier molecular flexibility index (Phi) is 2.59. The van der Waals surface area contributed by atoms with Gasteiger partial charge in [-0.1, -0.05) is 13.3 Å². The Bertz CT molecular complexity index is 299. The molecule has 0 saturated heterocycles. The fraction of sp³-hybridized carbons (Fsp3) is 0.727. The van der Waals surface area contributed by atoms with Gasteiger partial charge in [0.2, 0.25) is 0 Å². The number of aromatic nitrogens is 2. The molecular weight excluding hydrogens is 174 g/mol. The van der Waals surface area contributed by atoms with Gasteiger partial charge in [0.25, 0.3) is 0 Å². The summed E-state index contributed by atoms with van der Waals surface area (Å²) in [5.74, 6) is 0. The lowest BCUT2D eigenvalue weighted by molar-refractivity contribution is 0.156. The van der Waals surface area contributed by atoms with E-state index < -0.39 is 0 Å². The smallest absolute Gasteiger partial charge is 0.0518 e. The molecule has 0 radical (unpaired) electrons. The molecule has 2 rings (SSSR count). The molecule has 1 N–H and O–H groups in total. The average Bonchev–Trinajstić information content (AvgIpc) is 2.49. The highest BCUT2D eigenvalue weighted by Gasteiger charge is 2.30. The van der Waals surface area contributed by atoms with Gasteiger partial charge in [0.15, 0.2) is 0 Å². The highest BCUT2D eigenvalue weighted by Crippen LogP contribution is 2.39. The van der Waals surface area contributed by atoms with Crippen molar-refractivity contribution >= 4 is 0 Å². The molecule has 0 amide bonds. The van der Waals surface area contributed by atoms with Gasteiger partial charge in [0.05, 0.1) is 5.69 Å². The van der Waals surface area contributed by atoms with E-state index in [1.165, 1.54) is 25.0 Å². The van der Waals surface area contributed by atoms with Gasteiger partial charge >= 0.3 is 0 Å². The van der Waals surface area contributed by atoms with Crippen molar-refractivity contribution in [3.63, 3.8) is 0 Å². The van der Waals surface area contributed by atoms with E-state index in [4.69, 9.17) is 0 Å². The fourth-order valence-electron chi connectivity index (χ4n) is 2.02. The topological polar surface area (TPSA) is 29.9 Å². The van der Waals surface area contributed by atoms with Crippen LogP contribution in [-0.2, 0) is 13.6 Å². The molecule has 1 aromatic rings. The maximum absolute atomic E-state index is 4.14. The van der Waals surface area contributed by atoms with Crippen LogP contribution in [0.25, 0.3) is 0 Å². The molecule has 1 aliphatic rings. The SMILES string of the molecule is Cn1nccc1CNCC1(C)CCC1. The molecule has 0 aromatic carbocycles. The summed E-state index contributed by atoms with van der Waals surface area (Å²) in [7, 11) is 1.99. The van der Waals surface area contributed by atoms with Crippen molar-refractivity contribution < 1.29 is 0 Å². The van der Waals surface area contributed by atoms with Crippen molar-refractivity contribution in [3.05, 3.63) is 18.0 Å². The second-order valence-corrected chi connectivity index (χ2v) is 4.71. The molecule has 1 fully saturated rings. The monoisotopic (exact) mass is 193 g/mol. The van der Waals surface area contributed by atoms with Crippen LogP contribution < -0.4 is 5.32 Å². The van der Waals surface area contributed by atoms with E-state index in [9.17, 15) is 0 Å². The largest absolute Gasteiger partial charge is 0.311 e. The van der Waals surface area contributed by atoms with Crippen LogP contribution in [-0.4, -0.2) is 16.3 Å². The van der Waals surface area contributed by atoms with Crippen LogP contribution >= 0.6 is 0 Å². The van der Waals surface area contributed by atoms with E-state index in [2.05, 4.69) is 23.4 Å². The molecule has 1 aliphatic carbocycles. The zero-order valence-corrected chi connectivity index (χ0v) is 9.08. The Hall–Kier alpha value is -0.830. The van der Waals surface area contributed by atoms with E-state index in [1.54, 1.807) is 0 Å². The van der Waals surface area contributed by atoms with Gasteiger partial charge < -0.3 is 5.32 Å². The first-order valence-electron chi connectivity index (χ1n) is 5.37. The van der Waals surface area contributed by atoms with Crippen LogP contribution in [0.3, 0.4) is 0 Å². The summed E-state index contributed by atoms with van der Waals surface area (Å²) in [5.41, 5.74) is 1.83. The summed E-state index contributed by atoms with van der Waals surface area (Å²) < 4.78 is 1.93. The van der Waals surface area contributed by atoms with Gasteiger partial charge in [-0.25, -0.2) is 0 Å². The second kappa shape index (κ2) is 3.73. The molecule has 1 aromatic heterocycles. The van der Waals surface area contributed by atoms with Crippen LogP contribution in [0.15, 0.2) is 12.3 Å². The van der Waals surface area contributed by atoms with Crippen molar-refractivity contribution in [1.29, 1.82) is 0 Å². The Morgan fingerprint density at radius 1 is 1.57 bits per heavy atom. The molecule has 0 bridgehead atoms. The molecule has 0 aliphatic heterocycles. The maximum atomic E-state index is 4.14. The molecule has 0 unspecified atom stereocenters. The van der Waals surface area contributed by atoms with Gasteiger partial charge in [-0.3, -0.25) is 4.68 Å². The van der Waals surface area contributed by atoms with Crippen LogP contribution in [0.1, 0.15) is 31.9 Å². The predicted octanol–water partition coefficient (Wildman–Crippen LogP) is 1.70. The standard InChI is InChI=1S/C11H19N3/c1-11(5-3-6-11)9-12-8-10-4-7-13-14(10)2/h4,7,12H,3,5-6,8-9H2,1-2H3. The molecule has 1 heterocycles. The van der Waals surface area contributed by atoms with Crippen molar-refractivity contribution in [3.8, 4) is 0 Å². The molecule has 3 heteroatoms. The molecular formula is C11H19N3. The van der Waals surface area contributed by atoms with Gasteiger partial charge in [-0.2, -0.15) is 5.10 Å². The predicted molar refractivity (Wildman–Crippen MR) is 56.9 cm³/mol. The third-order valence-corrected chi connectivity index (χ3v) is 3.34. The molecule has 14 heavy (non-hydrogen) atoms. The van der Waals surface area contributed by atoms with Crippen molar-refractivity contribution in [1.82, 2.24) is 15.1 Å². The molecule has 78 valence electrons. The van der Waals surface area contributed by atoms with Crippen LogP contribution in [0.5, 0.6) is 0 Å². The van der Waals surface area contributed by atoms with Crippen molar-refractivity contribution in [2.75, 3.05) is 6.54 Å². The molecule has 1 saturated carbocycles. The number of rotatable bonds is 4. The third-order valence-electron chi connectivity index (χ3n) is 3.34. The van der Waals surface area contributed by atoms with Gasteiger partial charge in [-0.05, 0) is 24.3 Å². The molecule has 3 nitrogen and oxygen atoms in total. The number of nitrogens with zero attached hydrogens (tertiary/aromatic N) is 2. The van der Waals surface area contributed by atoms with Crippen LogP contribution in [0, 0.1) is 5.41 Å². The Labute approximate surface area is 85.5 Å². The zero-order chi connectivity index (χ0) is 10.0. The van der Waals surface area contributed by atoms with Gasteiger partial charge in [-0.15, -0.1) is 0 Å². The number of hydrogen-bond acceptors (Lipinski definition) is 2. The van der Waals surface area contributed by atoms with E-state index in [-0.39, 0.29) is 0 Å². The van der Waals surface area contributed by atoms with Gasteiger partial charge in [0, 0.05) is 26.3 Å². The number of aryl methyl sites for hydroxylation is 1. The Morgan fingerprint density at radius 2 is 2.36 bits per heavy atom. The minimum Gasteiger partial charge on any atom is -0.311 e. The van der Waals surface area contributed by atoms with E-state index in [0.29, 0.717) is 5.41 Å². The highest BCUT2D eigenvalue weighted by molar-refractivity contribution is 4.99. The summed E-state index contributed by atoms with van der Waals surface area (Å²) in [6.07, 6.45) is 6.02. The first-order chi connectivity index (χ1) is 6.70. The van der Waals surface area contributed by atoms with E-state index >= 15 is 0 Å². The maximum Gasteiger partial charge on any atom is 0.0518 e. The number of hydrogen-bond donors (Lipinski definition) is 1. The second-order valence-electron chi connectivity index (χ2n) is 4.71. The summed E-state index contributed by atoms with van der Waals surface area (Å²) >= 11 is 0. The Morgan fingerprint density at radius 3 is 2.86 bits per heavy atom. The lowest BCUT2D eigenvalue weighted by Crippen LogP contribution is -2.37. The fourth-order valence-corrected chi connectivity index (χ4v) is 2.02. The van der Waals surface area contributed by atoms with Crippen molar-refractivity contribution in [2.24, 2.45) is 12.5 Å². The lowest BCUT2D eigenvalue weighted by Gasteiger charge is -2.38. The first-order valence-corrected chi connectivity index (χ1v) is 5.37. The minimum absolute atomic E-state index is 0.568. The first kappa shape index (κ1) is 9.71.